The minimum atomic E-state index is -0.324. The topological polar surface area (TPSA) is 84.2 Å². The Morgan fingerprint density at radius 2 is 2.16 bits per heavy atom. The average Bonchev–Trinajstić information content (AvgIpc) is 2.39. The third kappa shape index (κ3) is 4.49. The monoisotopic (exact) mass is 267 g/mol. The largest absolute Gasteiger partial charge is 0.354 e. The third-order valence-corrected chi connectivity index (χ3v) is 4.22. The van der Waals surface area contributed by atoms with Crippen LogP contribution in [0.1, 0.15) is 51.4 Å². The molecule has 0 aromatic carbocycles. The highest BCUT2D eigenvalue weighted by Crippen LogP contribution is 2.26. The maximum atomic E-state index is 11.9. The van der Waals surface area contributed by atoms with E-state index in [1.807, 2.05) is 0 Å². The second-order valence-electron chi connectivity index (χ2n) is 5.88. The molecule has 3 unspecified atom stereocenters. The normalized spacial score (nSPS) is 31.6. The lowest BCUT2D eigenvalue weighted by Crippen LogP contribution is -2.50. The van der Waals surface area contributed by atoms with Gasteiger partial charge in [0.15, 0.2) is 0 Å². The van der Waals surface area contributed by atoms with Crippen molar-refractivity contribution in [3.05, 3.63) is 0 Å². The molecule has 1 aliphatic carbocycles. The Labute approximate surface area is 114 Å². The Morgan fingerprint density at radius 3 is 2.89 bits per heavy atom. The smallest absolute Gasteiger partial charge is 0.242 e. The van der Waals surface area contributed by atoms with E-state index >= 15 is 0 Å². The molecule has 1 saturated carbocycles. The van der Waals surface area contributed by atoms with Crippen LogP contribution < -0.4 is 16.4 Å². The Balaban J connectivity index is 1.67. The molecule has 19 heavy (non-hydrogen) atoms. The van der Waals surface area contributed by atoms with Gasteiger partial charge in [-0.25, -0.2) is 0 Å². The summed E-state index contributed by atoms with van der Waals surface area (Å²) in [5.74, 6) is 0.537. The Kier molecular flexibility index (Phi) is 5.19. The highest BCUT2D eigenvalue weighted by Gasteiger charge is 2.24. The first-order valence-electron chi connectivity index (χ1n) is 7.48. The maximum Gasteiger partial charge on any atom is 0.242 e. The summed E-state index contributed by atoms with van der Waals surface area (Å²) in [6.07, 6.45) is 7.63. The van der Waals surface area contributed by atoms with Gasteiger partial charge in [0.1, 0.15) is 6.04 Å². The molecule has 4 N–H and O–H groups in total. The van der Waals surface area contributed by atoms with Crippen LogP contribution in [0.15, 0.2) is 0 Å². The molecule has 5 nitrogen and oxygen atoms in total. The molecule has 0 aromatic rings. The maximum absolute atomic E-state index is 11.9. The van der Waals surface area contributed by atoms with Crippen molar-refractivity contribution in [3.63, 3.8) is 0 Å². The van der Waals surface area contributed by atoms with Crippen LogP contribution in [0.25, 0.3) is 0 Å². The van der Waals surface area contributed by atoms with Crippen LogP contribution in [0, 0.1) is 5.92 Å². The first kappa shape index (κ1) is 14.3. The summed E-state index contributed by atoms with van der Waals surface area (Å²) in [6, 6.07) is -0.0132. The van der Waals surface area contributed by atoms with E-state index in [9.17, 15) is 9.59 Å². The van der Waals surface area contributed by atoms with Gasteiger partial charge in [0.2, 0.25) is 11.8 Å². The Morgan fingerprint density at radius 1 is 1.32 bits per heavy atom. The molecule has 2 aliphatic rings. The molecule has 0 spiro atoms. The highest BCUT2D eigenvalue weighted by atomic mass is 16.2. The zero-order chi connectivity index (χ0) is 13.7. The van der Waals surface area contributed by atoms with Gasteiger partial charge in [0, 0.05) is 19.0 Å². The quantitative estimate of drug-likeness (QED) is 0.700. The SMILES string of the molecule is NC1CCCC(CCC(=O)NC2CCCNC2=O)C1. The molecule has 3 atom stereocenters. The number of amides is 2. The van der Waals surface area contributed by atoms with E-state index in [2.05, 4.69) is 10.6 Å². The minimum absolute atomic E-state index is 0.00111. The lowest BCUT2D eigenvalue weighted by molar-refractivity contribution is -0.130. The van der Waals surface area contributed by atoms with E-state index in [-0.39, 0.29) is 17.9 Å². The van der Waals surface area contributed by atoms with Gasteiger partial charge in [-0.15, -0.1) is 0 Å². The number of nitrogens with two attached hydrogens (primary N) is 1. The molecule has 1 saturated heterocycles. The lowest BCUT2D eigenvalue weighted by Gasteiger charge is -2.27. The summed E-state index contributed by atoms with van der Waals surface area (Å²) in [5, 5.41) is 5.62. The predicted octanol–water partition coefficient (Wildman–Crippen LogP) is 0.679. The van der Waals surface area contributed by atoms with Gasteiger partial charge >= 0.3 is 0 Å². The number of hydrogen-bond donors (Lipinski definition) is 3. The van der Waals surface area contributed by atoms with Gasteiger partial charge in [0.25, 0.3) is 0 Å². The third-order valence-electron chi connectivity index (χ3n) is 4.22. The van der Waals surface area contributed by atoms with Crippen LogP contribution in [0.4, 0.5) is 0 Å². The second-order valence-corrected chi connectivity index (χ2v) is 5.88. The van der Waals surface area contributed by atoms with Crippen molar-refractivity contribution in [2.45, 2.75) is 63.5 Å². The van der Waals surface area contributed by atoms with Gasteiger partial charge in [-0.1, -0.05) is 12.8 Å². The van der Waals surface area contributed by atoms with Crippen molar-refractivity contribution in [2.24, 2.45) is 11.7 Å². The molecule has 0 bridgehead atoms. The van der Waals surface area contributed by atoms with Crippen LogP contribution in [-0.4, -0.2) is 30.4 Å². The van der Waals surface area contributed by atoms with E-state index < -0.39 is 0 Å². The molecule has 108 valence electrons. The molecular weight excluding hydrogens is 242 g/mol. The van der Waals surface area contributed by atoms with Crippen molar-refractivity contribution in [1.29, 1.82) is 0 Å². The summed E-state index contributed by atoms with van der Waals surface area (Å²) in [6.45, 7) is 0.727. The van der Waals surface area contributed by atoms with Crippen LogP contribution >= 0.6 is 0 Å². The van der Waals surface area contributed by atoms with Gasteiger partial charge < -0.3 is 16.4 Å². The van der Waals surface area contributed by atoms with E-state index in [0.717, 1.165) is 38.6 Å². The molecular formula is C14H25N3O2. The molecule has 0 aromatic heterocycles. The number of hydrogen-bond acceptors (Lipinski definition) is 3. The summed E-state index contributed by atoms with van der Waals surface area (Å²) < 4.78 is 0. The first-order chi connectivity index (χ1) is 9.15. The number of nitrogens with one attached hydrogen (secondary N) is 2. The van der Waals surface area contributed by atoms with Crippen molar-refractivity contribution in [3.8, 4) is 0 Å². The number of carbonyl (C=O) groups excluding carboxylic acids is 2. The van der Waals surface area contributed by atoms with Crippen LogP contribution in [-0.2, 0) is 9.59 Å². The fraction of sp³-hybridized carbons (Fsp3) is 0.857. The predicted molar refractivity (Wildman–Crippen MR) is 73.3 cm³/mol. The fourth-order valence-corrected chi connectivity index (χ4v) is 3.11. The van der Waals surface area contributed by atoms with Crippen molar-refractivity contribution in [1.82, 2.24) is 10.6 Å². The molecule has 2 rings (SSSR count). The van der Waals surface area contributed by atoms with Gasteiger partial charge in [-0.3, -0.25) is 9.59 Å². The van der Waals surface area contributed by atoms with Gasteiger partial charge in [-0.2, -0.15) is 0 Å². The standard InChI is InChI=1S/C14H25N3O2/c15-11-4-1-3-10(9-11)6-7-13(18)17-12-5-2-8-16-14(12)19/h10-12H,1-9,15H2,(H,16,19)(H,17,18). The van der Waals surface area contributed by atoms with Crippen LogP contribution in [0.2, 0.25) is 0 Å². The van der Waals surface area contributed by atoms with E-state index in [1.54, 1.807) is 0 Å². The van der Waals surface area contributed by atoms with Crippen molar-refractivity contribution >= 4 is 11.8 Å². The second kappa shape index (κ2) is 6.89. The first-order valence-corrected chi connectivity index (χ1v) is 7.48. The highest BCUT2D eigenvalue weighted by molar-refractivity contribution is 5.88. The summed E-state index contributed by atoms with van der Waals surface area (Å²) in [7, 11) is 0. The van der Waals surface area contributed by atoms with Gasteiger partial charge in [0.05, 0.1) is 0 Å². The Hall–Kier alpha value is -1.10. The number of carbonyl (C=O) groups is 2. The number of rotatable bonds is 4. The molecule has 5 heteroatoms. The molecule has 2 fully saturated rings. The molecule has 0 radical (unpaired) electrons. The van der Waals surface area contributed by atoms with Crippen LogP contribution in [0.5, 0.6) is 0 Å². The zero-order valence-corrected chi connectivity index (χ0v) is 11.5. The minimum Gasteiger partial charge on any atom is -0.354 e. The van der Waals surface area contributed by atoms with Gasteiger partial charge in [-0.05, 0) is 38.0 Å². The molecule has 2 amide bonds. The average molecular weight is 267 g/mol. The zero-order valence-electron chi connectivity index (χ0n) is 11.5. The summed E-state index contributed by atoms with van der Waals surface area (Å²) >= 11 is 0. The Bertz CT molecular complexity index is 333. The fourth-order valence-electron chi connectivity index (χ4n) is 3.11. The van der Waals surface area contributed by atoms with Crippen molar-refractivity contribution < 1.29 is 9.59 Å². The summed E-state index contributed by atoms with van der Waals surface area (Å²) in [5.41, 5.74) is 5.95. The lowest BCUT2D eigenvalue weighted by atomic mass is 9.83. The van der Waals surface area contributed by atoms with E-state index in [1.165, 1.54) is 12.8 Å². The molecule has 1 heterocycles. The molecule has 1 aliphatic heterocycles. The van der Waals surface area contributed by atoms with E-state index in [0.29, 0.717) is 18.4 Å². The van der Waals surface area contributed by atoms with Crippen LogP contribution in [0.3, 0.4) is 0 Å². The van der Waals surface area contributed by atoms with E-state index in [4.69, 9.17) is 5.73 Å². The number of piperidine rings is 1. The van der Waals surface area contributed by atoms with Crippen molar-refractivity contribution in [2.75, 3.05) is 6.54 Å². The summed E-state index contributed by atoms with van der Waals surface area (Å²) in [4.78, 5) is 23.4.